The van der Waals surface area contributed by atoms with Crippen LogP contribution in [0.15, 0.2) is 78.0 Å². The number of carbonyl (C=O) groups excluding carboxylic acids is 1. The van der Waals surface area contributed by atoms with E-state index in [1.165, 1.54) is 19.1 Å². The summed E-state index contributed by atoms with van der Waals surface area (Å²) in [6, 6.07) is 16.9. The van der Waals surface area contributed by atoms with E-state index in [9.17, 15) is 13.2 Å². The highest BCUT2D eigenvalue weighted by molar-refractivity contribution is 7.89. The molecule has 1 amide bonds. The normalized spacial score (nSPS) is 12.3. The average molecular weight is 410 g/mol. The van der Waals surface area contributed by atoms with Gasteiger partial charge < -0.3 is 5.32 Å². The van der Waals surface area contributed by atoms with Gasteiger partial charge in [0.25, 0.3) is 0 Å². The fourth-order valence-electron chi connectivity index (χ4n) is 2.76. The number of nitrogens with zero attached hydrogens (tertiary/aromatic N) is 1. The molecule has 6 nitrogen and oxygen atoms in total. The third kappa shape index (κ3) is 5.73. The van der Waals surface area contributed by atoms with E-state index in [1.54, 1.807) is 36.7 Å². The predicted octanol–water partition coefficient (Wildman–Crippen LogP) is 3.29. The maximum atomic E-state index is 12.4. The smallest absolute Gasteiger partial charge is 0.242 e. The van der Waals surface area contributed by atoms with Crippen LogP contribution in [0.25, 0.3) is 0 Å². The number of benzene rings is 2. The number of anilines is 1. The summed E-state index contributed by atoms with van der Waals surface area (Å²) in [5, 5.41) is 2.74. The molecular weight excluding hydrogens is 386 g/mol. The van der Waals surface area contributed by atoms with Gasteiger partial charge in [0.05, 0.1) is 10.9 Å². The van der Waals surface area contributed by atoms with Crippen LogP contribution in [0.1, 0.15) is 23.6 Å². The van der Waals surface area contributed by atoms with E-state index in [-0.39, 0.29) is 4.90 Å². The summed E-state index contributed by atoms with van der Waals surface area (Å²) in [5.74, 6) is -0.428. The van der Waals surface area contributed by atoms with Gasteiger partial charge >= 0.3 is 0 Å². The highest BCUT2D eigenvalue weighted by atomic mass is 32.2. The Bertz CT molecular complexity index is 1060. The van der Waals surface area contributed by atoms with Crippen molar-refractivity contribution in [1.82, 2.24) is 9.71 Å². The van der Waals surface area contributed by atoms with Crippen molar-refractivity contribution in [3.63, 3.8) is 0 Å². The molecule has 0 spiro atoms. The molecule has 1 atom stereocenters. The summed E-state index contributed by atoms with van der Waals surface area (Å²) in [6.07, 6.45) is 4.27. The number of amides is 1. The lowest BCUT2D eigenvalue weighted by Gasteiger charge is -2.15. The Kier molecular flexibility index (Phi) is 6.41. The third-order valence-corrected chi connectivity index (χ3v) is 5.99. The van der Waals surface area contributed by atoms with E-state index in [0.29, 0.717) is 5.69 Å². The molecule has 29 heavy (non-hydrogen) atoms. The molecule has 0 fully saturated rings. The standard InChI is InChI=1S/C22H23N3O3S/c1-16-3-9-21(10-4-16)29(27,28)25-17(2)22(26)24-20-7-5-18(6-8-20)15-19-11-13-23-14-12-19/h3-14,17,25H,15H2,1-2H3,(H,24,26). The molecule has 2 aromatic carbocycles. The zero-order chi connectivity index (χ0) is 20.9. The Morgan fingerprint density at radius 2 is 1.52 bits per heavy atom. The van der Waals surface area contributed by atoms with Crippen LogP contribution in [-0.4, -0.2) is 25.4 Å². The van der Waals surface area contributed by atoms with Crippen molar-refractivity contribution >= 4 is 21.6 Å². The van der Waals surface area contributed by atoms with E-state index in [0.717, 1.165) is 23.1 Å². The maximum Gasteiger partial charge on any atom is 0.242 e. The number of hydrogen-bond acceptors (Lipinski definition) is 4. The summed E-state index contributed by atoms with van der Waals surface area (Å²) in [7, 11) is -3.77. The zero-order valence-corrected chi connectivity index (χ0v) is 17.1. The van der Waals surface area contributed by atoms with Crippen molar-refractivity contribution in [1.29, 1.82) is 0 Å². The highest BCUT2D eigenvalue weighted by Crippen LogP contribution is 2.14. The Morgan fingerprint density at radius 1 is 0.931 bits per heavy atom. The monoisotopic (exact) mass is 409 g/mol. The van der Waals surface area contributed by atoms with E-state index in [4.69, 9.17) is 0 Å². The second-order valence-electron chi connectivity index (χ2n) is 6.87. The van der Waals surface area contributed by atoms with Crippen molar-refractivity contribution in [3.05, 3.63) is 89.7 Å². The fourth-order valence-corrected chi connectivity index (χ4v) is 3.97. The molecule has 0 aliphatic heterocycles. The molecule has 0 saturated carbocycles. The van der Waals surface area contributed by atoms with Gasteiger partial charge in [-0.1, -0.05) is 29.8 Å². The number of sulfonamides is 1. The molecule has 0 aliphatic carbocycles. The van der Waals surface area contributed by atoms with Crippen LogP contribution in [0.5, 0.6) is 0 Å². The third-order valence-electron chi connectivity index (χ3n) is 4.44. The van der Waals surface area contributed by atoms with E-state index < -0.39 is 22.0 Å². The molecule has 7 heteroatoms. The van der Waals surface area contributed by atoms with Gasteiger partial charge in [0.15, 0.2) is 0 Å². The Labute approximate surface area is 171 Å². The van der Waals surface area contributed by atoms with Crippen molar-refractivity contribution in [2.45, 2.75) is 31.2 Å². The van der Waals surface area contributed by atoms with Crippen LogP contribution in [0.2, 0.25) is 0 Å². The first-order chi connectivity index (χ1) is 13.8. The largest absolute Gasteiger partial charge is 0.325 e. The van der Waals surface area contributed by atoms with Crippen LogP contribution >= 0.6 is 0 Å². The molecule has 0 aliphatic rings. The summed E-state index contributed by atoms with van der Waals surface area (Å²) < 4.78 is 27.3. The first-order valence-corrected chi connectivity index (χ1v) is 10.7. The second-order valence-corrected chi connectivity index (χ2v) is 8.59. The lowest BCUT2D eigenvalue weighted by Crippen LogP contribution is -2.41. The number of carbonyl (C=O) groups is 1. The van der Waals surface area contributed by atoms with E-state index in [2.05, 4.69) is 15.0 Å². The van der Waals surface area contributed by atoms with Gasteiger partial charge in [0.2, 0.25) is 15.9 Å². The van der Waals surface area contributed by atoms with Crippen LogP contribution in [-0.2, 0) is 21.2 Å². The molecule has 0 bridgehead atoms. The second kappa shape index (κ2) is 8.98. The van der Waals surface area contributed by atoms with Gasteiger partial charge in [-0.3, -0.25) is 9.78 Å². The quantitative estimate of drug-likeness (QED) is 0.627. The lowest BCUT2D eigenvalue weighted by atomic mass is 10.1. The molecule has 1 aromatic heterocycles. The maximum absolute atomic E-state index is 12.4. The summed E-state index contributed by atoms with van der Waals surface area (Å²) >= 11 is 0. The van der Waals surface area contributed by atoms with Gasteiger partial charge in [-0.2, -0.15) is 4.72 Å². The summed E-state index contributed by atoms with van der Waals surface area (Å²) in [4.78, 5) is 16.5. The van der Waals surface area contributed by atoms with Gasteiger partial charge in [-0.25, -0.2) is 8.42 Å². The number of aryl methyl sites for hydroxylation is 1. The summed E-state index contributed by atoms with van der Waals surface area (Å²) in [5.41, 5.74) is 3.82. The minimum Gasteiger partial charge on any atom is -0.325 e. The predicted molar refractivity (Wildman–Crippen MR) is 113 cm³/mol. The molecule has 0 saturated heterocycles. The summed E-state index contributed by atoms with van der Waals surface area (Å²) in [6.45, 7) is 3.39. The van der Waals surface area contributed by atoms with Crippen molar-refractivity contribution < 1.29 is 13.2 Å². The lowest BCUT2D eigenvalue weighted by molar-refractivity contribution is -0.117. The number of hydrogen-bond donors (Lipinski definition) is 2. The molecule has 3 aromatic rings. The minimum absolute atomic E-state index is 0.128. The molecule has 150 valence electrons. The molecule has 2 N–H and O–H groups in total. The molecule has 3 rings (SSSR count). The SMILES string of the molecule is Cc1ccc(S(=O)(=O)NC(C)C(=O)Nc2ccc(Cc3ccncc3)cc2)cc1. The van der Waals surface area contributed by atoms with E-state index >= 15 is 0 Å². The van der Waals surface area contributed by atoms with Crippen molar-refractivity contribution in [2.24, 2.45) is 0 Å². The van der Waals surface area contributed by atoms with Gasteiger partial charge in [0, 0.05) is 18.1 Å². The van der Waals surface area contributed by atoms with Crippen molar-refractivity contribution in [2.75, 3.05) is 5.32 Å². The number of rotatable bonds is 7. The van der Waals surface area contributed by atoms with Crippen LogP contribution < -0.4 is 10.0 Å². The van der Waals surface area contributed by atoms with E-state index in [1.807, 2.05) is 31.2 Å². The number of nitrogens with one attached hydrogen (secondary N) is 2. The van der Waals surface area contributed by atoms with Crippen molar-refractivity contribution in [3.8, 4) is 0 Å². The first-order valence-electron chi connectivity index (χ1n) is 9.21. The first kappa shape index (κ1) is 20.7. The fraction of sp³-hybridized carbons (Fsp3) is 0.182. The zero-order valence-electron chi connectivity index (χ0n) is 16.3. The van der Waals surface area contributed by atoms with Crippen LogP contribution in [0, 0.1) is 6.92 Å². The topological polar surface area (TPSA) is 88.2 Å². The molecule has 1 heterocycles. The van der Waals surface area contributed by atoms with Gasteiger partial charge in [-0.15, -0.1) is 0 Å². The minimum atomic E-state index is -3.77. The molecular formula is C22H23N3O3S. The van der Waals surface area contributed by atoms with Gasteiger partial charge in [-0.05, 0) is 67.8 Å². The Hall–Kier alpha value is -3.03. The molecule has 0 radical (unpaired) electrons. The van der Waals surface area contributed by atoms with Crippen LogP contribution in [0.3, 0.4) is 0 Å². The molecule has 1 unspecified atom stereocenters. The number of aromatic nitrogens is 1. The Morgan fingerprint density at radius 3 is 2.14 bits per heavy atom. The highest BCUT2D eigenvalue weighted by Gasteiger charge is 2.22. The number of pyridine rings is 1. The van der Waals surface area contributed by atoms with Crippen LogP contribution in [0.4, 0.5) is 5.69 Å². The van der Waals surface area contributed by atoms with Gasteiger partial charge in [0.1, 0.15) is 0 Å². The average Bonchev–Trinajstić information content (AvgIpc) is 2.70. The Balaban J connectivity index is 1.59.